The van der Waals surface area contributed by atoms with Crippen molar-refractivity contribution in [2.45, 2.75) is 4.34 Å². The first-order valence-electron chi connectivity index (χ1n) is 9.09. The Kier molecular flexibility index (Phi) is 6.38. The van der Waals surface area contributed by atoms with Gasteiger partial charge in [-0.25, -0.2) is 4.98 Å². The first-order chi connectivity index (χ1) is 14.5. The summed E-state index contributed by atoms with van der Waals surface area (Å²) in [5, 5.41) is 14.3. The standard InChI is InChI=1S/C19H17ClN4O4S2/c20-14-9-12(1-4-16(14)23-5-7-28-8-6-23)21-18(25)11-29-19-22-15-3-2-13(24(26)27)10-17(15)30-19/h1-4,9-10H,5-8,11H2,(H,21,25). The molecule has 8 nitrogen and oxygen atoms in total. The predicted octanol–water partition coefficient (Wildman–Crippen LogP) is 4.43. The summed E-state index contributed by atoms with van der Waals surface area (Å²) in [6.45, 7) is 2.91. The van der Waals surface area contributed by atoms with Gasteiger partial charge in [0, 0.05) is 30.9 Å². The molecule has 3 aromatic rings. The number of carbonyl (C=O) groups excluding carboxylic acids is 1. The highest BCUT2D eigenvalue weighted by Crippen LogP contribution is 2.32. The summed E-state index contributed by atoms with van der Waals surface area (Å²) >= 11 is 9.02. The lowest BCUT2D eigenvalue weighted by atomic mass is 10.2. The Bertz CT molecular complexity index is 1100. The van der Waals surface area contributed by atoms with E-state index >= 15 is 0 Å². The number of halogens is 1. The van der Waals surface area contributed by atoms with Crippen LogP contribution in [0.4, 0.5) is 17.1 Å². The second kappa shape index (κ2) is 9.17. The normalized spacial score (nSPS) is 14.1. The van der Waals surface area contributed by atoms with Crippen LogP contribution in [0.5, 0.6) is 0 Å². The number of hydrogen-bond donors (Lipinski definition) is 1. The fourth-order valence-electron chi connectivity index (χ4n) is 3.04. The van der Waals surface area contributed by atoms with Gasteiger partial charge in [0.25, 0.3) is 5.69 Å². The zero-order valence-electron chi connectivity index (χ0n) is 15.7. The van der Waals surface area contributed by atoms with E-state index in [0.29, 0.717) is 33.8 Å². The Hall–Kier alpha value is -2.40. The summed E-state index contributed by atoms with van der Waals surface area (Å²) < 4.78 is 6.76. The number of nitro benzene ring substituents is 1. The van der Waals surface area contributed by atoms with Crippen molar-refractivity contribution in [2.75, 3.05) is 42.3 Å². The third-order valence-electron chi connectivity index (χ3n) is 4.47. The zero-order valence-corrected chi connectivity index (χ0v) is 18.1. The van der Waals surface area contributed by atoms with E-state index in [1.165, 1.54) is 35.2 Å². The fourth-order valence-corrected chi connectivity index (χ4v) is 5.24. The summed E-state index contributed by atoms with van der Waals surface area (Å²) in [7, 11) is 0. The van der Waals surface area contributed by atoms with Crippen molar-refractivity contribution < 1.29 is 14.5 Å². The number of non-ortho nitro benzene ring substituents is 1. The molecule has 1 aromatic heterocycles. The van der Waals surface area contributed by atoms with E-state index < -0.39 is 4.92 Å². The van der Waals surface area contributed by atoms with Gasteiger partial charge in [-0.3, -0.25) is 14.9 Å². The number of anilines is 2. The molecule has 1 N–H and O–H groups in total. The molecule has 4 rings (SSSR count). The highest BCUT2D eigenvalue weighted by atomic mass is 35.5. The van der Waals surface area contributed by atoms with Crippen LogP contribution < -0.4 is 10.2 Å². The monoisotopic (exact) mass is 464 g/mol. The van der Waals surface area contributed by atoms with Crippen LogP contribution in [0.1, 0.15) is 0 Å². The van der Waals surface area contributed by atoms with Crippen LogP contribution in [0.2, 0.25) is 5.02 Å². The Labute approximate surface area is 185 Å². The lowest BCUT2D eigenvalue weighted by Gasteiger charge is -2.29. The van der Waals surface area contributed by atoms with E-state index in [1.54, 1.807) is 12.1 Å². The number of aromatic nitrogens is 1. The molecule has 0 bridgehead atoms. The largest absolute Gasteiger partial charge is 0.378 e. The van der Waals surface area contributed by atoms with Gasteiger partial charge in [0.1, 0.15) is 0 Å². The van der Waals surface area contributed by atoms with Crippen LogP contribution in [0, 0.1) is 10.1 Å². The Morgan fingerprint density at radius 3 is 2.83 bits per heavy atom. The molecule has 30 heavy (non-hydrogen) atoms. The molecule has 11 heteroatoms. The van der Waals surface area contributed by atoms with Gasteiger partial charge in [-0.1, -0.05) is 23.4 Å². The zero-order chi connectivity index (χ0) is 21.1. The molecular formula is C19H17ClN4O4S2. The number of morpholine rings is 1. The van der Waals surface area contributed by atoms with Crippen LogP contribution in [0.25, 0.3) is 10.2 Å². The number of benzene rings is 2. The molecule has 1 aliphatic rings. The maximum Gasteiger partial charge on any atom is 0.270 e. The number of nitrogens with one attached hydrogen (secondary N) is 1. The van der Waals surface area contributed by atoms with Gasteiger partial charge in [-0.15, -0.1) is 11.3 Å². The van der Waals surface area contributed by atoms with Crippen LogP contribution >= 0.6 is 34.7 Å². The quantitative estimate of drug-likeness (QED) is 0.327. The van der Waals surface area contributed by atoms with Crippen molar-refractivity contribution in [3.63, 3.8) is 0 Å². The van der Waals surface area contributed by atoms with Crippen molar-refractivity contribution in [2.24, 2.45) is 0 Å². The van der Waals surface area contributed by atoms with Crippen molar-refractivity contribution >= 4 is 67.9 Å². The smallest absolute Gasteiger partial charge is 0.270 e. The molecule has 1 aliphatic heterocycles. The van der Waals surface area contributed by atoms with Gasteiger partial charge >= 0.3 is 0 Å². The highest BCUT2D eigenvalue weighted by Gasteiger charge is 2.15. The van der Waals surface area contributed by atoms with Gasteiger partial charge in [0.15, 0.2) is 4.34 Å². The maximum atomic E-state index is 12.3. The fraction of sp³-hybridized carbons (Fsp3) is 0.263. The Morgan fingerprint density at radius 1 is 1.30 bits per heavy atom. The minimum atomic E-state index is -0.436. The topological polar surface area (TPSA) is 97.6 Å². The molecule has 1 amide bonds. The van der Waals surface area contributed by atoms with E-state index in [9.17, 15) is 14.9 Å². The third-order valence-corrected chi connectivity index (χ3v) is 6.94. The second-order valence-corrected chi connectivity index (χ2v) is 9.15. The van der Waals surface area contributed by atoms with Crippen molar-refractivity contribution in [1.29, 1.82) is 0 Å². The SMILES string of the molecule is O=C(CSc1nc2ccc([N+](=O)[O-])cc2s1)Nc1ccc(N2CCOCC2)c(Cl)c1. The summed E-state index contributed by atoms with van der Waals surface area (Å²) in [6.07, 6.45) is 0. The van der Waals surface area contributed by atoms with Gasteiger partial charge in [-0.2, -0.15) is 0 Å². The molecule has 2 aromatic carbocycles. The molecule has 0 unspecified atom stereocenters. The summed E-state index contributed by atoms with van der Waals surface area (Å²) in [4.78, 5) is 29.4. The van der Waals surface area contributed by atoms with Gasteiger partial charge in [-0.05, 0) is 24.3 Å². The van der Waals surface area contributed by atoms with Crippen LogP contribution in [0.15, 0.2) is 40.7 Å². The third kappa shape index (κ3) is 4.84. The van der Waals surface area contributed by atoms with Gasteiger partial charge in [0.2, 0.25) is 5.91 Å². The molecular weight excluding hydrogens is 448 g/mol. The molecule has 0 aliphatic carbocycles. The average molecular weight is 465 g/mol. The minimum absolute atomic E-state index is 0.0258. The van der Waals surface area contributed by atoms with E-state index in [2.05, 4.69) is 15.2 Å². The van der Waals surface area contributed by atoms with Crippen molar-refractivity contribution in [1.82, 2.24) is 4.98 Å². The number of amides is 1. The average Bonchev–Trinajstić information content (AvgIpc) is 3.15. The summed E-state index contributed by atoms with van der Waals surface area (Å²) in [5.41, 5.74) is 2.26. The molecule has 156 valence electrons. The number of rotatable bonds is 6. The number of nitro groups is 1. The van der Waals surface area contributed by atoms with E-state index in [1.807, 2.05) is 12.1 Å². The van der Waals surface area contributed by atoms with Crippen molar-refractivity contribution in [3.05, 3.63) is 51.5 Å². The first kappa shape index (κ1) is 20.9. The number of nitrogens with zero attached hydrogens (tertiary/aromatic N) is 3. The van der Waals surface area contributed by atoms with Crippen LogP contribution in [0.3, 0.4) is 0 Å². The van der Waals surface area contributed by atoms with Crippen LogP contribution in [-0.2, 0) is 9.53 Å². The van der Waals surface area contributed by atoms with Gasteiger partial charge < -0.3 is 15.0 Å². The molecule has 0 radical (unpaired) electrons. The van der Waals surface area contributed by atoms with Gasteiger partial charge in [0.05, 0.1) is 44.8 Å². The number of carbonyl (C=O) groups is 1. The van der Waals surface area contributed by atoms with E-state index in [0.717, 1.165) is 23.5 Å². The highest BCUT2D eigenvalue weighted by molar-refractivity contribution is 8.01. The molecule has 0 atom stereocenters. The second-order valence-electron chi connectivity index (χ2n) is 6.49. The molecule has 1 fully saturated rings. The Balaban J connectivity index is 1.36. The molecule has 0 spiro atoms. The van der Waals surface area contributed by atoms with Crippen LogP contribution in [-0.4, -0.2) is 47.9 Å². The summed E-state index contributed by atoms with van der Waals surface area (Å²) in [6, 6.07) is 10.0. The summed E-state index contributed by atoms with van der Waals surface area (Å²) in [5.74, 6) is -0.00878. The number of thiazole rings is 1. The Morgan fingerprint density at radius 2 is 2.10 bits per heavy atom. The maximum absolute atomic E-state index is 12.3. The number of hydrogen-bond acceptors (Lipinski definition) is 8. The van der Waals surface area contributed by atoms with E-state index in [-0.39, 0.29) is 17.3 Å². The molecule has 2 heterocycles. The number of fused-ring (bicyclic) bond motifs is 1. The molecule has 1 saturated heterocycles. The minimum Gasteiger partial charge on any atom is -0.378 e. The number of thioether (sulfide) groups is 1. The lowest BCUT2D eigenvalue weighted by molar-refractivity contribution is -0.384. The first-order valence-corrected chi connectivity index (χ1v) is 11.3. The van der Waals surface area contributed by atoms with E-state index in [4.69, 9.17) is 16.3 Å². The lowest BCUT2D eigenvalue weighted by Crippen LogP contribution is -2.36. The number of ether oxygens (including phenoxy) is 1. The van der Waals surface area contributed by atoms with Crippen molar-refractivity contribution in [3.8, 4) is 0 Å². The predicted molar refractivity (Wildman–Crippen MR) is 120 cm³/mol. The molecule has 0 saturated carbocycles.